The predicted octanol–water partition coefficient (Wildman–Crippen LogP) is 2.11. The molecule has 27 heavy (non-hydrogen) atoms. The molecule has 3 rings (SSSR count). The molecule has 1 aromatic heterocycles. The average molecular weight is 378 g/mol. The Hall–Kier alpha value is -2.91. The molecule has 1 aromatic rings. The molecule has 0 N–H and O–H groups in total. The Bertz CT molecular complexity index is 767. The number of likely N-dealkylation sites (tertiary alicyclic amines) is 1. The van der Waals surface area contributed by atoms with Gasteiger partial charge in [0.2, 0.25) is 0 Å². The van der Waals surface area contributed by atoms with Crippen LogP contribution >= 0.6 is 0 Å². The van der Waals surface area contributed by atoms with Crippen LogP contribution in [-0.2, 0) is 9.53 Å². The van der Waals surface area contributed by atoms with Crippen LogP contribution in [0.1, 0.15) is 33.6 Å². The molecule has 10 nitrogen and oxygen atoms in total. The van der Waals surface area contributed by atoms with Crippen molar-refractivity contribution in [2.75, 3.05) is 24.6 Å². The number of carbonyl (C=O) groups excluding carboxylic acids is 2. The van der Waals surface area contributed by atoms with Gasteiger partial charge in [-0.1, -0.05) is 0 Å². The summed E-state index contributed by atoms with van der Waals surface area (Å²) in [6.45, 7) is 6.13. The first-order valence-corrected chi connectivity index (χ1v) is 8.74. The van der Waals surface area contributed by atoms with Crippen molar-refractivity contribution in [2.24, 2.45) is 0 Å². The van der Waals surface area contributed by atoms with Gasteiger partial charge in [0, 0.05) is 25.2 Å². The number of piperidine rings is 1. The Morgan fingerprint density at radius 1 is 1.33 bits per heavy atom. The number of anilines is 1. The minimum atomic E-state index is -0.608. The molecule has 0 aliphatic carbocycles. The number of rotatable bonds is 2. The van der Waals surface area contributed by atoms with Gasteiger partial charge >= 0.3 is 11.9 Å². The fraction of sp³-hybridized carbons (Fsp3) is 0.588. The summed E-state index contributed by atoms with van der Waals surface area (Å²) < 4.78 is 10.7. The Labute approximate surface area is 156 Å². The highest BCUT2D eigenvalue weighted by atomic mass is 16.6. The maximum absolute atomic E-state index is 12.4. The van der Waals surface area contributed by atoms with Crippen molar-refractivity contribution in [1.82, 2.24) is 9.88 Å². The lowest BCUT2D eigenvalue weighted by Crippen LogP contribution is -2.52. The molecule has 0 saturated carbocycles. The molecule has 0 unspecified atom stereocenters. The van der Waals surface area contributed by atoms with E-state index in [0.717, 1.165) is 0 Å². The van der Waals surface area contributed by atoms with Crippen molar-refractivity contribution in [3.8, 4) is 5.75 Å². The molecule has 1 fully saturated rings. The van der Waals surface area contributed by atoms with E-state index in [2.05, 4.69) is 4.98 Å². The van der Waals surface area contributed by atoms with Crippen LogP contribution in [0.4, 0.5) is 16.4 Å². The summed E-state index contributed by atoms with van der Waals surface area (Å²) in [7, 11) is 0. The molecule has 2 aliphatic rings. The SMILES string of the molecule is CC(C)(C)OC(=O)N1CCC(N2C(=O)COc3ccc([N+](=O)[O-])nc32)CC1. The number of amides is 2. The summed E-state index contributed by atoms with van der Waals surface area (Å²) in [6, 6.07) is 2.49. The van der Waals surface area contributed by atoms with E-state index >= 15 is 0 Å². The maximum atomic E-state index is 12.4. The van der Waals surface area contributed by atoms with Crippen LogP contribution in [0.5, 0.6) is 5.75 Å². The molecule has 0 spiro atoms. The fourth-order valence-electron chi connectivity index (χ4n) is 3.15. The minimum absolute atomic E-state index is 0.140. The third-order valence-electron chi connectivity index (χ3n) is 4.34. The van der Waals surface area contributed by atoms with E-state index in [9.17, 15) is 19.7 Å². The highest BCUT2D eigenvalue weighted by Crippen LogP contribution is 2.35. The van der Waals surface area contributed by atoms with Crippen LogP contribution < -0.4 is 9.64 Å². The molecule has 0 radical (unpaired) electrons. The second kappa shape index (κ2) is 7.01. The van der Waals surface area contributed by atoms with E-state index in [1.165, 1.54) is 17.0 Å². The lowest BCUT2D eigenvalue weighted by molar-refractivity contribution is -0.389. The number of ether oxygens (including phenoxy) is 2. The van der Waals surface area contributed by atoms with E-state index in [0.29, 0.717) is 31.7 Å². The number of pyridine rings is 1. The second-order valence-electron chi connectivity index (χ2n) is 7.50. The zero-order chi connectivity index (χ0) is 19.8. The molecule has 0 bridgehead atoms. The Kier molecular flexibility index (Phi) is 4.90. The number of nitro groups is 1. The Morgan fingerprint density at radius 3 is 2.59 bits per heavy atom. The zero-order valence-corrected chi connectivity index (χ0v) is 15.5. The first-order chi connectivity index (χ1) is 12.7. The quantitative estimate of drug-likeness (QED) is 0.572. The van der Waals surface area contributed by atoms with E-state index in [4.69, 9.17) is 9.47 Å². The standard InChI is InChI=1S/C17H22N4O6/c1-17(2,3)27-16(23)19-8-6-11(7-9-19)20-14(22)10-26-12-4-5-13(21(24)25)18-15(12)20/h4-5,11H,6-10H2,1-3H3. The number of aromatic nitrogens is 1. The Morgan fingerprint density at radius 2 is 2.00 bits per heavy atom. The molecule has 1 saturated heterocycles. The molecule has 2 amide bonds. The largest absolute Gasteiger partial charge is 0.477 e. The summed E-state index contributed by atoms with van der Waals surface area (Å²) >= 11 is 0. The van der Waals surface area contributed by atoms with Gasteiger partial charge in [0.15, 0.2) is 12.4 Å². The van der Waals surface area contributed by atoms with E-state index in [-0.39, 0.29) is 36.3 Å². The van der Waals surface area contributed by atoms with Gasteiger partial charge in [-0.25, -0.2) is 4.79 Å². The van der Waals surface area contributed by atoms with Crippen molar-refractivity contribution in [1.29, 1.82) is 0 Å². The van der Waals surface area contributed by atoms with Gasteiger partial charge in [-0.15, -0.1) is 0 Å². The summed E-state index contributed by atoms with van der Waals surface area (Å²) in [5, 5.41) is 11.0. The molecule has 0 aromatic carbocycles. The third kappa shape index (κ3) is 4.09. The molecule has 0 atom stereocenters. The number of carbonyl (C=O) groups is 2. The van der Waals surface area contributed by atoms with Crippen molar-refractivity contribution in [3.63, 3.8) is 0 Å². The summed E-state index contributed by atoms with van der Waals surface area (Å²) in [5.74, 6) is -0.139. The molecular weight excluding hydrogens is 356 g/mol. The van der Waals surface area contributed by atoms with Gasteiger partial charge in [-0.3, -0.25) is 9.69 Å². The minimum Gasteiger partial charge on any atom is -0.477 e. The van der Waals surface area contributed by atoms with Crippen molar-refractivity contribution < 1.29 is 24.0 Å². The van der Waals surface area contributed by atoms with Gasteiger partial charge in [0.1, 0.15) is 5.60 Å². The number of hydrogen-bond acceptors (Lipinski definition) is 7. The normalized spacial score (nSPS) is 18.0. The Balaban J connectivity index is 1.75. The smallest absolute Gasteiger partial charge is 0.410 e. The molecule has 2 aliphatic heterocycles. The van der Waals surface area contributed by atoms with E-state index in [1.807, 2.05) is 0 Å². The average Bonchev–Trinajstić information content (AvgIpc) is 2.60. The molecule has 10 heteroatoms. The molecule has 146 valence electrons. The van der Waals surface area contributed by atoms with Crippen molar-refractivity contribution >= 4 is 23.6 Å². The zero-order valence-electron chi connectivity index (χ0n) is 15.5. The molecular formula is C17H22N4O6. The van der Waals surface area contributed by atoms with Crippen LogP contribution in [0.15, 0.2) is 12.1 Å². The van der Waals surface area contributed by atoms with E-state index in [1.54, 1.807) is 25.7 Å². The van der Waals surface area contributed by atoms with Crippen LogP contribution in [-0.4, -0.2) is 58.1 Å². The van der Waals surface area contributed by atoms with Crippen molar-refractivity contribution in [3.05, 3.63) is 22.2 Å². The van der Waals surface area contributed by atoms with Gasteiger partial charge in [-0.05, 0) is 49.6 Å². The van der Waals surface area contributed by atoms with Gasteiger partial charge in [-0.2, -0.15) is 0 Å². The molecule has 3 heterocycles. The number of hydrogen-bond donors (Lipinski definition) is 0. The summed E-state index contributed by atoms with van der Waals surface area (Å²) in [5.41, 5.74) is -0.574. The second-order valence-corrected chi connectivity index (χ2v) is 7.50. The lowest BCUT2D eigenvalue weighted by atomic mass is 10.0. The third-order valence-corrected chi connectivity index (χ3v) is 4.34. The highest BCUT2D eigenvalue weighted by Gasteiger charge is 2.39. The fourth-order valence-corrected chi connectivity index (χ4v) is 3.15. The first kappa shape index (κ1) is 18.9. The van der Waals surface area contributed by atoms with Crippen LogP contribution in [0.3, 0.4) is 0 Å². The van der Waals surface area contributed by atoms with Crippen LogP contribution in [0.2, 0.25) is 0 Å². The first-order valence-electron chi connectivity index (χ1n) is 8.74. The van der Waals surface area contributed by atoms with Gasteiger partial charge in [0.05, 0.1) is 0 Å². The maximum Gasteiger partial charge on any atom is 0.410 e. The number of nitrogens with zero attached hydrogens (tertiary/aromatic N) is 4. The highest BCUT2D eigenvalue weighted by molar-refractivity contribution is 5.97. The topological polar surface area (TPSA) is 115 Å². The number of fused-ring (bicyclic) bond motifs is 1. The van der Waals surface area contributed by atoms with E-state index < -0.39 is 10.5 Å². The van der Waals surface area contributed by atoms with Gasteiger partial charge in [0.25, 0.3) is 11.7 Å². The van der Waals surface area contributed by atoms with Crippen molar-refractivity contribution in [2.45, 2.75) is 45.3 Å². The van der Waals surface area contributed by atoms with Gasteiger partial charge < -0.3 is 24.5 Å². The summed E-state index contributed by atoms with van der Waals surface area (Å²) in [6.07, 6.45) is 0.660. The predicted molar refractivity (Wildman–Crippen MR) is 94.7 cm³/mol. The van der Waals surface area contributed by atoms with Crippen LogP contribution in [0, 0.1) is 10.1 Å². The summed E-state index contributed by atoms with van der Waals surface area (Å²) in [4.78, 5) is 42.1. The monoisotopic (exact) mass is 378 g/mol. The lowest BCUT2D eigenvalue weighted by Gasteiger charge is -2.38. The van der Waals surface area contributed by atoms with Crippen LogP contribution in [0.25, 0.3) is 0 Å².